The molecular weight excluding hydrogens is 124 g/mol. The van der Waals surface area contributed by atoms with E-state index in [9.17, 15) is 0 Å². The summed E-state index contributed by atoms with van der Waals surface area (Å²) in [4.78, 5) is 3.95. The van der Waals surface area contributed by atoms with Crippen molar-refractivity contribution in [3.63, 3.8) is 0 Å². The number of hydrogen-bond acceptors (Lipinski definition) is 2. The summed E-state index contributed by atoms with van der Waals surface area (Å²) in [6.07, 6.45) is 5.85. The van der Waals surface area contributed by atoms with Crippen molar-refractivity contribution >= 4 is 0 Å². The van der Waals surface area contributed by atoms with Crippen molar-refractivity contribution in [1.82, 2.24) is 10.3 Å². The minimum atomic E-state index is 0.981. The van der Waals surface area contributed by atoms with Crippen LogP contribution in [-0.2, 0) is 13.0 Å². The van der Waals surface area contributed by atoms with Crippen LogP contribution in [0.2, 0.25) is 0 Å². The molecule has 0 fully saturated rings. The smallest absolute Gasteiger partial charge is 0.0889 e. The first kappa shape index (κ1) is 5.86. The van der Waals surface area contributed by atoms with Gasteiger partial charge in [0.05, 0.1) is 6.20 Å². The maximum absolute atomic E-state index is 3.95. The summed E-state index contributed by atoms with van der Waals surface area (Å²) in [5.74, 6) is 0. The Morgan fingerprint density at radius 2 is 2.50 bits per heavy atom. The van der Waals surface area contributed by atoms with Crippen LogP contribution in [-0.4, -0.2) is 11.5 Å². The Balaban J connectivity index is 2.41. The lowest BCUT2D eigenvalue weighted by Crippen LogP contribution is -2.23. The van der Waals surface area contributed by atoms with Crippen LogP contribution in [0, 0.1) is 6.20 Å². The lowest BCUT2D eigenvalue weighted by Gasteiger charge is -2.14. The SMILES string of the molecule is [c]1cc2c(cn1)CCNC2. The van der Waals surface area contributed by atoms with Crippen molar-refractivity contribution in [2.75, 3.05) is 6.54 Å². The van der Waals surface area contributed by atoms with Gasteiger partial charge in [0.1, 0.15) is 0 Å². The second kappa shape index (κ2) is 2.39. The Labute approximate surface area is 60.3 Å². The molecule has 1 aromatic rings. The normalized spacial score (nSPS) is 16.4. The van der Waals surface area contributed by atoms with Crippen LogP contribution >= 0.6 is 0 Å². The third kappa shape index (κ3) is 0.907. The van der Waals surface area contributed by atoms with Gasteiger partial charge in [-0.3, -0.25) is 4.98 Å². The molecule has 0 atom stereocenters. The fourth-order valence-electron chi connectivity index (χ4n) is 1.24. The molecule has 2 nitrogen and oxygen atoms in total. The minimum Gasteiger partial charge on any atom is -0.312 e. The van der Waals surface area contributed by atoms with E-state index in [0.29, 0.717) is 0 Å². The van der Waals surface area contributed by atoms with E-state index in [2.05, 4.69) is 16.5 Å². The van der Waals surface area contributed by atoms with E-state index in [4.69, 9.17) is 0 Å². The second-order valence-electron chi connectivity index (χ2n) is 2.51. The molecule has 1 N–H and O–H groups in total. The highest BCUT2D eigenvalue weighted by Gasteiger charge is 2.06. The van der Waals surface area contributed by atoms with Crippen molar-refractivity contribution in [3.05, 3.63) is 29.6 Å². The van der Waals surface area contributed by atoms with Crippen LogP contribution in [0.5, 0.6) is 0 Å². The number of nitrogens with zero attached hydrogens (tertiary/aromatic N) is 1. The van der Waals surface area contributed by atoms with Crippen LogP contribution in [0.1, 0.15) is 11.1 Å². The van der Waals surface area contributed by atoms with Gasteiger partial charge >= 0.3 is 0 Å². The van der Waals surface area contributed by atoms with Gasteiger partial charge in [0.25, 0.3) is 0 Å². The Hall–Kier alpha value is -0.890. The number of hydrogen-bond donors (Lipinski definition) is 1. The predicted octanol–water partition coefficient (Wildman–Crippen LogP) is 0.527. The first-order valence-electron chi connectivity index (χ1n) is 3.51. The van der Waals surface area contributed by atoms with E-state index >= 15 is 0 Å². The molecule has 1 radical (unpaired) electrons. The first-order chi connectivity index (χ1) is 4.97. The molecule has 1 aliphatic heterocycles. The van der Waals surface area contributed by atoms with Gasteiger partial charge in [0.2, 0.25) is 0 Å². The maximum Gasteiger partial charge on any atom is 0.0889 e. The minimum absolute atomic E-state index is 0.981. The van der Waals surface area contributed by atoms with Crippen LogP contribution in [0.3, 0.4) is 0 Å². The molecule has 0 amide bonds. The van der Waals surface area contributed by atoms with Crippen molar-refractivity contribution in [1.29, 1.82) is 0 Å². The van der Waals surface area contributed by atoms with Crippen molar-refractivity contribution in [3.8, 4) is 0 Å². The topological polar surface area (TPSA) is 24.9 Å². The highest BCUT2D eigenvalue weighted by molar-refractivity contribution is 5.24. The standard InChI is InChI=1S/C8H9N2/c1-3-9-6-8-2-4-10-5-7(1)8/h1,6,10H,2,4-5H2. The zero-order valence-electron chi connectivity index (χ0n) is 5.72. The Morgan fingerprint density at radius 3 is 3.40 bits per heavy atom. The van der Waals surface area contributed by atoms with E-state index in [1.807, 2.05) is 12.3 Å². The summed E-state index contributed by atoms with van der Waals surface area (Å²) in [5.41, 5.74) is 2.72. The fourth-order valence-corrected chi connectivity index (χ4v) is 1.24. The fraction of sp³-hybridized carbons (Fsp3) is 0.375. The molecule has 2 heteroatoms. The molecule has 0 aliphatic carbocycles. The molecule has 2 rings (SSSR count). The highest BCUT2D eigenvalue weighted by atomic mass is 14.9. The number of aromatic nitrogens is 1. The van der Waals surface area contributed by atoms with Crippen molar-refractivity contribution in [2.24, 2.45) is 0 Å². The second-order valence-corrected chi connectivity index (χ2v) is 2.51. The molecule has 0 saturated carbocycles. The Bertz CT molecular complexity index is 207. The van der Waals surface area contributed by atoms with Gasteiger partial charge in [0, 0.05) is 12.7 Å². The van der Waals surface area contributed by atoms with Gasteiger partial charge in [-0.2, -0.15) is 0 Å². The molecule has 10 heavy (non-hydrogen) atoms. The van der Waals surface area contributed by atoms with E-state index in [-0.39, 0.29) is 0 Å². The van der Waals surface area contributed by atoms with Crippen LogP contribution in [0.25, 0.3) is 0 Å². The van der Waals surface area contributed by atoms with Crippen molar-refractivity contribution in [2.45, 2.75) is 13.0 Å². The zero-order valence-corrected chi connectivity index (χ0v) is 5.72. The summed E-state index contributed by atoms with van der Waals surface area (Å²) in [7, 11) is 0. The number of rotatable bonds is 0. The first-order valence-corrected chi connectivity index (χ1v) is 3.51. The summed E-state index contributed by atoms with van der Waals surface area (Å²) < 4.78 is 0. The molecular formula is C8H9N2. The van der Waals surface area contributed by atoms with Crippen LogP contribution < -0.4 is 5.32 Å². The summed E-state index contributed by atoms with van der Waals surface area (Å²) in [6, 6.07) is 1.96. The molecule has 1 aliphatic rings. The summed E-state index contributed by atoms with van der Waals surface area (Å²) in [6.45, 7) is 2.06. The lowest BCUT2D eigenvalue weighted by atomic mass is 10.0. The summed E-state index contributed by atoms with van der Waals surface area (Å²) >= 11 is 0. The van der Waals surface area contributed by atoms with Gasteiger partial charge in [-0.15, -0.1) is 0 Å². The van der Waals surface area contributed by atoms with Gasteiger partial charge in [0.15, 0.2) is 0 Å². The Morgan fingerprint density at radius 1 is 1.50 bits per heavy atom. The van der Waals surface area contributed by atoms with Crippen LogP contribution in [0.4, 0.5) is 0 Å². The largest absolute Gasteiger partial charge is 0.312 e. The molecule has 0 unspecified atom stereocenters. The zero-order chi connectivity index (χ0) is 6.81. The maximum atomic E-state index is 3.95. The average molecular weight is 133 g/mol. The monoisotopic (exact) mass is 133 g/mol. The van der Waals surface area contributed by atoms with Gasteiger partial charge in [-0.05, 0) is 30.2 Å². The third-order valence-electron chi connectivity index (χ3n) is 1.83. The quantitative estimate of drug-likeness (QED) is 0.558. The van der Waals surface area contributed by atoms with E-state index in [1.165, 1.54) is 11.1 Å². The van der Waals surface area contributed by atoms with E-state index < -0.39 is 0 Å². The van der Waals surface area contributed by atoms with Crippen LogP contribution in [0.15, 0.2) is 12.3 Å². The molecule has 0 spiro atoms. The van der Waals surface area contributed by atoms with Gasteiger partial charge in [-0.1, -0.05) is 0 Å². The van der Waals surface area contributed by atoms with Gasteiger partial charge in [-0.25, -0.2) is 0 Å². The third-order valence-corrected chi connectivity index (χ3v) is 1.83. The Kier molecular flexibility index (Phi) is 1.40. The number of fused-ring (bicyclic) bond motifs is 1. The van der Waals surface area contributed by atoms with E-state index in [1.54, 1.807) is 0 Å². The number of pyridine rings is 1. The van der Waals surface area contributed by atoms with Crippen molar-refractivity contribution < 1.29 is 0 Å². The molecule has 0 bridgehead atoms. The predicted molar refractivity (Wildman–Crippen MR) is 38.5 cm³/mol. The highest BCUT2D eigenvalue weighted by Crippen LogP contribution is 2.09. The molecule has 1 aromatic heterocycles. The lowest BCUT2D eigenvalue weighted by molar-refractivity contribution is 0.641. The molecule has 2 heterocycles. The molecule has 51 valence electrons. The average Bonchev–Trinajstić information content (AvgIpc) is 2.05. The molecule has 0 saturated heterocycles. The molecule has 0 aromatic carbocycles. The van der Waals surface area contributed by atoms with Gasteiger partial charge < -0.3 is 5.32 Å². The van der Waals surface area contributed by atoms with E-state index in [0.717, 1.165) is 19.5 Å². The summed E-state index contributed by atoms with van der Waals surface area (Å²) in [5, 5.41) is 3.29. The number of nitrogens with one attached hydrogen (secondary N) is 1.